The molecule has 1 aromatic rings. The van der Waals surface area contributed by atoms with Gasteiger partial charge in [0.05, 0.1) is 15.9 Å². The Morgan fingerprint density at radius 3 is 2.53 bits per heavy atom. The number of aliphatic carboxylic acids is 1. The highest BCUT2D eigenvalue weighted by molar-refractivity contribution is 9.10. The Labute approximate surface area is 122 Å². The lowest BCUT2D eigenvalue weighted by atomic mass is 10.2. The van der Waals surface area contributed by atoms with E-state index in [-0.39, 0.29) is 0 Å². The zero-order valence-corrected chi connectivity index (χ0v) is 13.6. The Morgan fingerprint density at radius 2 is 2.11 bits per heavy atom. The molecule has 108 valence electrons. The lowest BCUT2D eigenvalue weighted by Crippen LogP contribution is -2.38. The number of nitrogens with zero attached hydrogens (tertiary/aromatic N) is 3. The van der Waals surface area contributed by atoms with Crippen molar-refractivity contribution in [3.8, 4) is 0 Å². The van der Waals surface area contributed by atoms with Crippen molar-refractivity contribution in [3.63, 3.8) is 0 Å². The summed E-state index contributed by atoms with van der Waals surface area (Å²) in [5.74, 6) is -0.778. The number of carboxylic acid groups (broad SMARTS) is 1. The summed E-state index contributed by atoms with van der Waals surface area (Å²) in [6, 6.07) is -0.461. The van der Waals surface area contributed by atoms with E-state index in [4.69, 9.17) is 0 Å². The van der Waals surface area contributed by atoms with Gasteiger partial charge < -0.3 is 5.11 Å². The first-order valence-corrected chi connectivity index (χ1v) is 7.42. The quantitative estimate of drug-likeness (QED) is 0.834. The minimum atomic E-state index is -0.778. The second-order valence-electron chi connectivity index (χ2n) is 4.55. The maximum Gasteiger partial charge on any atom is 0.320 e. The summed E-state index contributed by atoms with van der Waals surface area (Å²) < 4.78 is 2.94. The summed E-state index contributed by atoms with van der Waals surface area (Å²) in [5.41, 5.74) is 2.06. The normalized spacial score (nSPS) is 12.9. The predicted molar refractivity (Wildman–Crippen MR) is 78.2 cm³/mol. The molecule has 0 aliphatic rings. The second kappa shape index (κ2) is 7.05. The highest BCUT2D eigenvalue weighted by Crippen LogP contribution is 2.24. The van der Waals surface area contributed by atoms with E-state index in [1.807, 2.05) is 30.5 Å². The summed E-state index contributed by atoms with van der Waals surface area (Å²) in [4.78, 5) is 13.0. The van der Waals surface area contributed by atoms with Crippen LogP contribution in [0.3, 0.4) is 0 Å². The molecule has 0 aromatic carbocycles. The van der Waals surface area contributed by atoms with Crippen molar-refractivity contribution in [1.82, 2.24) is 14.7 Å². The Kier molecular flexibility index (Phi) is 6.00. The molecular formula is C13H22BrN3O2. The summed E-state index contributed by atoms with van der Waals surface area (Å²) >= 11 is 3.58. The van der Waals surface area contributed by atoms with Gasteiger partial charge in [-0.15, -0.1) is 0 Å². The topological polar surface area (TPSA) is 58.4 Å². The third kappa shape index (κ3) is 3.57. The van der Waals surface area contributed by atoms with Crippen LogP contribution in [0.25, 0.3) is 0 Å². The standard InChI is InChI=1S/C13H22BrN3O2/c1-5-9-12(14)11(17(7-3)15-9)8-16(4)10(6-2)13(18)19/h10H,5-8H2,1-4H3,(H,18,19). The van der Waals surface area contributed by atoms with Gasteiger partial charge in [-0.3, -0.25) is 14.4 Å². The fourth-order valence-corrected chi connectivity index (χ4v) is 2.88. The minimum Gasteiger partial charge on any atom is -0.480 e. The number of hydrogen-bond donors (Lipinski definition) is 1. The van der Waals surface area contributed by atoms with E-state index in [0.29, 0.717) is 13.0 Å². The van der Waals surface area contributed by atoms with Crippen LogP contribution in [-0.2, 0) is 24.3 Å². The van der Waals surface area contributed by atoms with Gasteiger partial charge in [0.2, 0.25) is 0 Å². The van der Waals surface area contributed by atoms with E-state index >= 15 is 0 Å². The average molecular weight is 332 g/mol. The molecule has 1 unspecified atom stereocenters. The van der Waals surface area contributed by atoms with Gasteiger partial charge in [0.1, 0.15) is 6.04 Å². The molecule has 0 fully saturated rings. The molecule has 5 nitrogen and oxygen atoms in total. The number of carboxylic acids is 1. The van der Waals surface area contributed by atoms with Crippen molar-refractivity contribution < 1.29 is 9.90 Å². The molecule has 1 aromatic heterocycles. The third-order valence-electron chi connectivity index (χ3n) is 3.30. The van der Waals surface area contributed by atoms with Crippen LogP contribution in [0.2, 0.25) is 0 Å². The number of halogens is 1. The van der Waals surface area contributed by atoms with Crippen LogP contribution < -0.4 is 0 Å². The number of rotatable bonds is 7. The van der Waals surface area contributed by atoms with Crippen molar-refractivity contribution >= 4 is 21.9 Å². The highest BCUT2D eigenvalue weighted by atomic mass is 79.9. The summed E-state index contributed by atoms with van der Waals surface area (Å²) in [6.07, 6.45) is 1.45. The first kappa shape index (κ1) is 16.2. The number of likely N-dealkylation sites (N-methyl/N-ethyl adjacent to an activating group) is 1. The second-order valence-corrected chi connectivity index (χ2v) is 5.35. The highest BCUT2D eigenvalue weighted by Gasteiger charge is 2.23. The van der Waals surface area contributed by atoms with Gasteiger partial charge in [0.25, 0.3) is 0 Å². The van der Waals surface area contributed by atoms with Gasteiger partial charge >= 0.3 is 5.97 Å². The van der Waals surface area contributed by atoms with Gasteiger partial charge in [-0.05, 0) is 42.7 Å². The van der Waals surface area contributed by atoms with E-state index in [1.54, 1.807) is 0 Å². The average Bonchev–Trinajstić information content (AvgIpc) is 2.66. The summed E-state index contributed by atoms with van der Waals surface area (Å²) in [5, 5.41) is 13.7. The molecule has 0 aliphatic heterocycles. The predicted octanol–water partition coefficient (Wildman–Crippen LogP) is 2.52. The monoisotopic (exact) mass is 331 g/mol. The number of carbonyl (C=O) groups is 1. The third-order valence-corrected chi connectivity index (χ3v) is 4.21. The molecule has 1 N–H and O–H groups in total. The SMILES string of the molecule is CCc1nn(CC)c(CN(C)C(CC)C(=O)O)c1Br. The van der Waals surface area contributed by atoms with Crippen LogP contribution in [0.15, 0.2) is 4.47 Å². The van der Waals surface area contributed by atoms with E-state index in [1.165, 1.54) is 0 Å². The smallest absolute Gasteiger partial charge is 0.320 e. The lowest BCUT2D eigenvalue weighted by Gasteiger charge is -2.23. The molecule has 6 heteroatoms. The molecule has 0 spiro atoms. The van der Waals surface area contributed by atoms with Crippen LogP contribution >= 0.6 is 15.9 Å². The van der Waals surface area contributed by atoms with Gasteiger partial charge in [0.15, 0.2) is 0 Å². The molecule has 1 heterocycles. The van der Waals surface area contributed by atoms with Crippen molar-refractivity contribution in [2.24, 2.45) is 0 Å². The Balaban J connectivity index is 2.98. The summed E-state index contributed by atoms with van der Waals surface area (Å²) in [7, 11) is 1.84. The molecule has 0 amide bonds. The largest absolute Gasteiger partial charge is 0.480 e. The van der Waals surface area contributed by atoms with Crippen molar-refractivity contribution in [1.29, 1.82) is 0 Å². The van der Waals surface area contributed by atoms with Crippen LogP contribution in [0, 0.1) is 0 Å². The molecule has 0 bridgehead atoms. The fraction of sp³-hybridized carbons (Fsp3) is 0.692. The molecule has 0 saturated carbocycles. The molecule has 1 rings (SSSR count). The van der Waals surface area contributed by atoms with Gasteiger partial charge in [-0.25, -0.2) is 0 Å². The molecule has 19 heavy (non-hydrogen) atoms. The molecule has 0 radical (unpaired) electrons. The molecule has 0 saturated heterocycles. The number of aromatic nitrogens is 2. The molecule has 0 aliphatic carbocycles. The van der Waals surface area contributed by atoms with E-state index < -0.39 is 12.0 Å². The number of aryl methyl sites for hydroxylation is 2. The Bertz CT molecular complexity index is 445. The minimum absolute atomic E-state index is 0.461. The zero-order chi connectivity index (χ0) is 14.6. The molecular weight excluding hydrogens is 310 g/mol. The molecule has 1 atom stereocenters. The maximum absolute atomic E-state index is 11.2. The van der Waals surface area contributed by atoms with Gasteiger partial charge in [0, 0.05) is 13.1 Å². The van der Waals surface area contributed by atoms with E-state index in [9.17, 15) is 9.90 Å². The van der Waals surface area contributed by atoms with Crippen LogP contribution in [0.5, 0.6) is 0 Å². The first-order valence-electron chi connectivity index (χ1n) is 6.63. The van der Waals surface area contributed by atoms with Crippen LogP contribution in [-0.4, -0.2) is 38.8 Å². The first-order chi connectivity index (χ1) is 8.96. The van der Waals surface area contributed by atoms with Crippen molar-refractivity contribution in [2.45, 2.75) is 52.7 Å². The van der Waals surface area contributed by atoms with Crippen molar-refractivity contribution in [2.75, 3.05) is 7.05 Å². The Hall–Kier alpha value is -0.880. The zero-order valence-electron chi connectivity index (χ0n) is 12.0. The maximum atomic E-state index is 11.2. The van der Waals surface area contributed by atoms with E-state index in [2.05, 4.69) is 28.0 Å². The van der Waals surface area contributed by atoms with Crippen LogP contribution in [0.4, 0.5) is 0 Å². The van der Waals surface area contributed by atoms with Gasteiger partial charge in [-0.1, -0.05) is 13.8 Å². The van der Waals surface area contributed by atoms with Crippen LogP contribution in [0.1, 0.15) is 38.6 Å². The summed E-state index contributed by atoms with van der Waals surface area (Å²) in [6.45, 7) is 7.35. The van der Waals surface area contributed by atoms with Crippen molar-refractivity contribution in [3.05, 3.63) is 15.9 Å². The van der Waals surface area contributed by atoms with Gasteiger partial charge in [-0.2, -0.15) is 5.10 Å². The lowest BCUT2D eigenvalue weighted by molar-refractivity contribution is -0.143. The number of hydrogen-bond acceptors (Lipinski definition) is 3. The van der Waals surface area contributed by atoms with E-state index in [0.717, 1.165) is 28.8 Å². The Morgan fingerprint density at radius 1 is 1.47 bits per heavy atom. The fourth-order valence-electron chi connectivity index (χ4n) is 2.19.